The topological polar surface area (TPSA) is 76.8 Å². The maximum Gasteiger partial charge on any atom is 0.258 e. The van der Waals surface area contributed by atoms with E-state index in [9.17, 15) is 14.3 Å². The number of hydrogen-bond donors (Lipinski definition) is 1. The minimum absolute atomic E-state index is 0.0698. The molecule has 0 bridgehead atoms. The Bertz CT molecular complexity index is 1080. The van der Waals surface area contributed by atoms with E-state index in [1.807, 2.05) is 4.57 Å². The van der Waals surface area contributed by atoms with Crippen molar-refractivity contribution in [2.24, 2.45) is 0 Å². The smallest absolute Gasteiger partial charge is 0.258 e. The molecule has 8 heteroatoms. The summed E-state index contributed by atoms with van der Waals surface area (Å²) in [7, 11) is 0. The monoisotopic (exact) mass is 381 g/mol. The molecule has 0 aliphatic carbocycles. The second kappa shape index (κ2) is 6.26. The normalized spacial score (nSPS) is 14.8. The summed E-state index contributed by atoms with van der Waals surface area (Å²) < 4.78 is 25.6. The minimum atomic E-state index is -0.294. The lowest BCUT2D eigenvalue weighted by molar-refractivity contribution is 0.0728. The van der Waals surface area contributed by atoms with Gasteiger partial charge in [0.05, 0.1) is 24.1 Å². The molecule has 2 aromatic carbocycles. The summed E-state index contributed by atoms with van der Waals surface area (Å²) >= 11 is 0. The van der Waals surface area contributed by atoms with Crippen molar-refractivity contribution in [2.75, 3.05) is 13.3 Å². The van der Waals surface area contributed by atoms with Gasteiger partial charge in [0.25, 0.3) is 5.91 Å². The van der Waals surface area contributed by atoms with E-state index in [1.54, 1.807) is 23.4 Å². The Balaban J connectivity index is 1.41. The second-order valence-corrected chi connectivity index (χ2v) is 6.68. The first-order valence-corrected chi connectivity index (χ1v) is 8.83. The summed E-state index contributed by atoms with van der Waals surface area (Å²) in [4.78, 5) is 19.0. The Kier molecular flexibility index (Phi) is 3.71. The Morgan fingerprint density at radius 3 is 2.68 bits per heavy atom. The molecule has 1 amide bonds. The van der Waals surface area contributed by atoms with Crippen LogP contribution in [-0.4, -0.2) is 38.8 Å². The van der Waals surface area contributed by atoms with Crippen LogP contribution < -0.4 is 9.47 Å². The van der Waals surface area contributed by atoms with E-state index < -0.39 is 0 Å². The zero-order valence-corrected chi connectivity index (χ0v) is 14.8. The molecule has 0 spiro atoms. The lowest BCUT2D eigenvalue weighted by atomic mass is 10.1. The van der Waals surface area contributed by atoms with Crippen LogP contribution >= 0.6 is 0 Å². The number of imidazole rings is 1. The van der Waals surface area contributed by atoms with Gasteiger partial charge in [-0.05, 0) is 24.3 Å². The van der Waals surface area contributed by atoms with Gasteiger partial charge in [0.2, 0.25) is 6.79 Å². The van der Waals surface area contributed by atoms with Crippen LogP contribution in [0.15, 0.2) is 42.7 Å². The standard InChI is InChI=1S/C20H16FN3O4/c21-12-1-3-13(4-2-12)24-10-22-15-9-23(6-5-16(15)24)20(26)14-7-18-19(8-17(14)25)28-11-27-18/h1-4,7-8,10,25H,5-6,9,11H2. The number of halogens is 1. The molecule has 0 atom stereocenters. The summed E-state index contributed by atoms with van der Waals surface area (Å²) in [5.74, 6) is 0.139. The third-order valence-electron chi connectivity index (χ3n) is 5.03. The molecule has 1 aromatic heterocycles. The first-order valence-electron chi connectivity index (χ1n) is 8.83. The number of phenols is 1. The van der Waals surface area contributed by atoms with Crippen LogP contribution in [0.5, 0.6) is 17.2 Å². The number of carbonyl (C=O) groups excluding carboxylic acids is 1. The van der Waals surface area contributed by atoms with Crippen LogP contribution in [0.4, 0.5) is 4.39 Å². The molecule has 3 aromatic rings. The molecule has 0 saturated carbocycles. The highest BCUT2D eigenvalue weighted by atomic mass is 19.1. The fourth-order valence-corrected chi connectivity index (χ4v) is 3.58. The number of fused-ring (bicyclic) bond motifs is 2. The zero-order chi connectivity index (χ0) is 19.3. The number of benzene rings is 2. The zero-order valence-electron chi connectivity index (χ0n) is 14.8. The highest BCUT2D eigenvalue weighted by molar-refractivity contribution is 5.97. The fourth-order valence-electron chi connectivity index (χ4n) is 3.58. The third-order valence-corrected chi connectivity index (χ3v) is 5.03. The van der Waals surface area contributed by atoms with Crippen molar-refractivity contribution in [3.8, 4) is 22.9 Å². The SMILES string of the molecule is O=C(c1cc2c(cc1O)OCO2)N1CCc2c(ncn2-c2ccc(F)cc2)C1. The average molecular weight is 381 g/mol. The fraction of sp³-hybridized carbons (Fsp3) is 0.200. The first kappa shape index (κ1) is 16.6. The van der Waals surface area contributed by atoms with Gasteiger partial charge in [0.1, 0.15) is 11.6 Å². The van der Waals surface area contributed by atoms with Gasteiger partial charge < -0.3 is 24.0 Å². The van der Waals surface area contributed by atoms with Gasteiger partial charge in [0, 0.05) is 36.5 Å². The molecule has 2 aliphatic heterocycles. The van der Waals surface area contributed by atoms with E-state index in [-0.39, 0.29) is 29.8 Å². The van der Waals surface area contributed by atoms with Crippen molar-refractivity contribution in [3.63, 3.8) is 0 Å². The lowest BCUT2D eigenvalue weighted by Crippen LogP contribution is -2.36. The summed E-state index contributed by atoms with van der Waals surface area (Å²) in [5, 5.41) is 10.2. The average Bonchev–Trinajstić information content (AvgIpc) is 3.33. The largest absolute Gasteiger partial charge is 0.507 e. The van der Waals surface area contributed by atoms with E-state index in [2.05, 4.69) is 4.98 Å². The Morgan fingerprint density at radius 1 is 1.14 bits per heavy atom. The van der Waals surface area contributed by atoms with E-state index >= 15 is 0 Å². The number of hydrogen-bond acceptors (Lipinski definition) is 5. The van der Waals surface area contributed by atoms with E-state index in [0.717, 1.165) is 17.1 Å². The number of aromatic nitrogens is 2. The molecule has 0 radical (unpaired) electrons. The number of amides is 1. The molecule has 3 heterocycles. The van der Waals surface area contributed by atoms with Crippen molar-refractivity contribution in [2.45, 2.75) is 13.0 Å². The summed E-state index contributed by atoms with van der Waals surface area (Å²) in [5.41, 5.74) is 2.77. The van der Waals surface area contributed by atoms with Crippen molar-refractivity contribution < 1.29 is 23.8 Å². The van der Waals surface area contributed by atoms with Gasteiger partial charge in [-0.25, -0.2) is 9.37 Å². The highest BCUT2D eigenvalue weighted by Crippen LogP contribution is 2.38. The quantitative estimate of drug-likeness (QED) is 0.739. The molecule has 0 saturated heterocycles. The van der Waals surface area contributed by atoms with E-state index in [1.165, 1.54) is 24.3 Å². The van der Waals surface area contributed by atoms with E-state index in [0.29, 0.717) is 31.0 Å². The van der Waals surface area contributed by atoms with Gasteiger partial charge >= 0.3 is 0 Å². The van der Waals surface area contributed by atoms with Gasteiger partial charge in [-0.2, -0.15) is 0 Å². The number of carbonyl (C=O) groups is 1. The Labute approximate surface area is 159 Å². The summed E-state index contributed by atoms with van der Waals surface area (Å²) in [6.07, 6.45) is 2.29. The molecule has 5 rings (SSSR count). The van der Waals surface area contributed by atoms with Crippen molar-refractivity contribution in [1.29, 1.82) is 0 Å². The molecule has 1 N–H and O–H groups in total. The molecule has 142 valence electrons. The molecular weight excluding hydrogens is 365 g/mol. The van der Waals surface area contributed by atoms with Gasteiger partial charge in [-0.15, -0.1) is 0 Å². The van der Waals surface area contributed by atoms with Crippen LogP contribution in [0.25, 0.3) is 5.69 Å². The number of rotatable bonds is 2. The number of phenolic OH excluding ortho intramolecular Hbond substituents is 1. The molecular formula is C20H16FN3O4. The van der Waals surface area contributed by atoms with Crippen molar-refractivity contribution >= 4 is 5.91 Å². The summed E-state index contributed by atoms with van der Waals surface area (Å²) in [6, 6.07) is 9.10. The highest BCUT2D eigenvalue weighted by Gasteiger charge is 2.28. The van der Waals surface area contributed by atoms with Gasteiger partial charge in [-0.3, -0.25) is 4.79 Å². The number of ether oxygens (including phenoxy) is 2. The molecule has 7 nitrogen and oxygen atoms in total. The van der Waals surface area contributed by atoms with Gasteiger partial charge in [0.15, 0.2) is 11.5 Å². The van der Waals surface area contributed by atoms with Crippen molar-refractivity contribution in [3.05, 3.63) is 65.5 Å². The molecule has 0 unspecified atom stereocenters. The molecule has 0 fully saturated rings. The van der Waals surface area contributed by atoms with Crippen molar-refractivity contribution in [1.82, 2.24) is 14.5 Å². The predicted molar refractivity (Wildman–Crippen MR) is 96.2 cm³/mol. The first-order chi connectivity index (χ1) is 13.6. The maximum atomic E-state index is 13.2. The Hall–Kier alpha value is -3.55. The molecule has 2 aliphatic rings. The second-order valence-electron chi connectivity index (χ2n) is 6.68. The van der Waals surface area contributed by atoms with Crippen LogP contribution in [0, 0.1) is 5.82 Å². The predicted octanol–water partition coefficient (Wildman–Crippen LogP) is 2.64. The van der Waals surface area contributed by atoms with Gasteiger partial charge in [-0.1, -0.05) is 0 Å². The van der Waals surface area contributed by atoms with Crippen LogP contribution in [0.2, 0.25) is 0 Å². The number of aromatic hydroxyl groups is 1. The number of nitrogens with zero attached hydrogens (tertiary/aromatic N) is 3. The third kappa shape index (κ3) is 2.65. The van der Waals surface area contributed by atoms with Crippen LogP contribution in [0.1, 0.15) is 21.7 Å². The maximum absolute atomic E-state index is 13.2. The Morgan fingerprint density at radius 2 is 1.89 bits per heavy atom. The van der Waals surface area contributed by atoms with Crippen LogP contribution in [-0.2, 0) is 13.0 Å². The van der Waals surface area contributed by atoms with Crippen LogP contribution in [0.3, 0.4) is 0 Å². The lowest BCUT2D eigenvalue weighted by Gasteiger charge is -2.27. The van der Waals surface area contributed by atoms with E-state index in [4.69, 9.17) is 9.47 Å². The molecule has 28 heavy (non-hydrogen) atoms. The summed E-state index contributed by atoms with van der Waals surface area (Å²) in [6.45, 7) is 0.878. The minimum Gasteiger partial charge on any atom is -0.507 e.